The number of piperidine rings is 1. The number of anilines is 1. The zero-order valence-electron chi connectivity index (χ0n) is 19.0. The van der Waals surface area contributed by atoms with Gasteiger partial charge in [0, 0.05) is 31.4 Å². The number of nitrogens with one attached hydrogen (secondary N) is 2. The Morgan fingerprint density at radius 2 is 1.62 bits per heavy atom. The maximum atomic E-state index is 12.8. The molecule has 172 valence electrons. The zero-order valence-corrected chi connectivity index (χ0v) is 19.8. The van der Waals surface area contributed by atoms with E-state index in [2.05, 4.69) is 30.8 Å². The summed E-state index contributed by atoms with van der Waals surface area (Å²) in [7, 11) is -2.14. The number of carbonyl (C=O) groups is 2. The molecule has 8 heteroatoms. The minimum absolute atomic E-state index is 0.0530. The van der Waals surface area contributed by atoms with Crippen molar-refractivity contribution in [2.75, 3.05) is 24.9 Å². The minimum Gasteiger partial charge on any atom is -0.359 e. The highest BCUT2D eigenvalue weighted by molar-refractivity contribution is 7.92. The summed E-state index contributed by atoms with van der Waals surface area (Å²) in [4.78, 5) is 26.6. The first kappa shape index (κ1) is 23.8. The van der Waals surface area contributed by atoms with Crippen LogP contribution in [0.25, 0.3) is 0 Å². The van der Waals surface area contributed by atoms with Gasteiger partial charge in [0.25, 0.3) is 15.9 Å². The highest BCUT2D eigenvalue weighted by Gasteiger charge is 2.28. The van der Waals surface area contributed by atoms with Crippen LogP contribution in [0.1, 0.15) is 49.5 Å². The van der Waals surface area contributed by atoms with E-state index in [1.807, 2.05) is 12.1 Å². The van der Waals surface area contributed by atoms with Gasteiger partial charge in [0.05, 0.1) is 10.8 Å². The normalized spacial score (nSPS) is 17.0. The molecule has 7 nitrogen and oxygen atoms in total. The molecular formula is C24H31N3O4S. The van der Waals surface area contributed by atoms with Crippen LogP contribution in [0.5, 0.6) is 0 Å². The Hall–Kier alpha value is -2.87. The lowest BCUT2D eigenvalue weighted by Gasteiger charge is -2.31. The highest BCUT2D eigenvalue weighted by Crippen LogP contribution is 2.25. The molecule has 1 unspecified atom stereocenters. The third-order valence-corrected chi connectivity index (χ3v) is 7.14. The molecule has 1 aliphatic rings. The minimum atomic E-state index is -3.74. The monoisotopic (exact) mass is 457 g/mol. The lowest BCUT2D eigenvalue weighted by Crippen LogP contribution is -2.44. The average Bonchev–Trinajstić information content (AvgIpc) is 2.78. The number of amides is 2. The van der Waals surface area contributed by atoms with Crippen LogP contribution in [0.15, 0.2) is 53.4 Å². The van der Waals surface area contributed by atoms with Gasteiger partial charge in [-0.15, -0.1) is 0 Å². The zero-order chi connectivity index (χ0) is 23.5. The van der Waals surface area contributed by atoms with E-state index >= 15 is 0 Å². The number of benzene rings is 2. The van der Waals surface area contributed by atoms with Gasteiger partial charge >= 0.3 is 0 Å². The molecule has 0 spiro atoms. The van der Waals surface area contributed by atoms with Crippen molar-refractivity contribution < 1.29 is 18.0 Å². The maximum Gasteiger partial charge on any atom is 0.261 e. The number of hydrogen-bond donors (Lipinski definition) is 2. The molecule has 2 aromatic rings. The lowest BCUT2D eigenvalue weighted by molar-refractivity contribution is -0.125. The lowest BCUT2D eigenvalue weighted by atomic mass is 9.87. The molecule has 2 N–H and O–H groups in total. The highest BCUT2D eigenvalue weighted by atomic mass is 32.2. The smallest absolute Gasteiger partial charge is 0.261 e. The molecule has 0 radical (unpaired) electrons. The number of hydrogen-bond acceptors (Lipinski definition) is 4. The fourth-order valence-corrected chi connectivity index (χ4v) is 4.85. The fourth-order valence-electron chi connectivity index (χ4n) is 3.79. The topological polar surface area (TPSA) is 95.6 Å². The van der Waals surface area contributed by atoms with Gasteiger partial charge in [-0.3, -0.25) is 14.3 Å². The molecule has 1 heterocycles. The molecule has 1 fully saturated rings. The van der Waals surface area contributed by atoms with E-state index in [1.165, 1.54) is 0 Å². The third kappa shape index (κ3) is 5.48. The Kier molecular flexibility index (Phi) is 6.93. The van der Waals surface area contributed by atoms with Crippen LogP contribution in [0.3, 0.4) is 0 Å². The summed E-state index contributed by atoms with van der Waals surface area (Å²) in [5, 5.41) is 2.64. The molecule has 0 aromatic heterocycles. The van der Waals surface area contributed by atoms with Crippen molar-refractivity contribution in [1.82, 2.24) is 10.2 Å². The number of nitrogens with zero attached hydrogens (tertiary/aromatic N) is 1. The summed E-state index contributed by atoms with van der Waals surface area (Å²) in [5.41, 5.74) is 1.83. The molecule has 1 atom stereocenters. The molecular weight excluding hydrogens is 426 g/mol. The second kappa shape index (κ2) is 9.32. The van der Waals surface area contributed by atoms with E-state index in [4.69, 9.17) is 0 Å². The standard InChI is InChI=1S/C24H31N3O4S/c1-24(2,3)19-9-13-21(14-10-19)32(30,31)26-20-11-7-17(8-12-20)23(29)27-15-5-6-18(16-27)22(28)25-4/h7-14,18,26H,5-6,15-16H2,1-4H3,(H,25,28). The number of carbonyl (C=O) groups excluding carboxylic acids is 2. The van der Waals surface area contributed by atoms with Gasteiger partial charge in [-0.05, 0) is 60.2 Å². The Bertz CT molecular complexity index is 1070. The molecule has 0 aliphatic carbocycles. The third-order valence-electron chi connectivity index (χ3n) is 5.74. The van der Waals surface area contributed by atoms with Gasteiger partial charge in [0.1, 0.15) is 0 Å². The van der Waals surface area contributed by atoms with E-state index in [0.29, 0.717) is 24.3 Å². The molecule has 0 saturated carbocycles. The molecule has 3 rings (SSSR count). The van der Waals surface area contributed by atoms with E-state index in [9.17, 15) is 18.0 Å². The van der Waals surface area contributed by atoms with Crippen molar-refractivity contribution >= 4 is 27.5 Å². The molecule has 2 aromatic carbocycles. The van der Waals surface area contributed by atoms with Gasteiger partial charge in [-0.1, -0.05) is 32.9 Å². The van der Waals surface area contributed by atoms with E-state index < -0.39 is 10.0 Å². The van der Waals surface area contributed by atoms with Crippen LogP contribution in [-0.4, -0.2) is 45.3 Å². The maximum absolute atomic E-state index is 12.8. The predicted octanol–water partition coefficient (Wildman–Crippen LogP) is 3.38. The number of likely N-dealkylation sites (tertiary alicyclic amines) is 1. The second-order valence-corrected chi connectivity index (χ2v) is 10.8. The first-order valence-electron chi connectivity index (χ1n) is 10.8. The fraction of sp³-hybridized carbons (Fsp3) is 0.417. The summed E-state index contributed by atoms with van der Waals surface area (Å²) in [6, 6.07) is 13.2. The molecule has 2 amide bonds. The van der Waals surface area contributed by atoms with Crippen LogP contribution >= 0.6 is 0 Å². The van der Waals surface area contributed by atoms with Gasteiger partial charge in [-0.2, -0.15) is 0 Å². The van der Waals surface area contributed by atoms with E-state index in [1.54, 1.807) is 48.3 Å². The van der Waals surface area contributed by atoms with Crippen molar-refractivity contribution in [2.24, 2.45) is 5.92 Å². The van der Waals surface area contributed by atoms with Gasteiger partial charge in [0.15, 0.2) is 0 Å². The Labute approximate surface area is 190 Å². The average molecular weight is 458 g/mol. The van der Waals surface area contributed by atoms with Crippen LogP contribution < -0.4 is 10.0 Å². The number of rotatable bonds is 5. The molecule has 32 heavy (non-hydrogen) atoms. The Balaban J connectivity index is 1.68. The van der Waals surface area contributed by atoms with Gasteiger partial charge in [-0.25, -0.2) is 8.42 Å². The van der Waals surface area contributed by atoms with Crippen molar-refractivity contribution in [3.63, 3.8) is 0 Å². The van der Waals surface area contributed by atoms with E-state index in [-0.39, 0.29) is 28.0 Å². The van der Waals surface area contributed by atoms with Crippen molar-refractivity contribution in [2.45, 2.75) is 43.9 Å². The van der Waals surface area contributed by atoms with Crippen LogP contribution in [0.4, 0.5) is 5.69 Å². The summed E-state index contributed by atoms with van der Waals surface area (Å²) < 4.78 is 28.0. The van der Waals surface area contributed by atoms with Crippen molar-refractivity contribution in [3.05, 3.63) is 59.7 Å². The van der Waals surface area contributed by atoms with Crippen molar-refractivity contribution in [3.8, 4) is 0 Å². The summed E-state index contributed by atoms with van der Waals surface area (Å²) in [6.45, 7) is 7.20. The van der Waals surface area contributed by atoms with Gasteiger partial charge < -0.3 is 10.2 Å². The number of sulfonamides is 1. The molecule has 1 saturated heterocycles. The summed E-state index contributed by atoms with van der Waals surface area (Å²) in [6.07, 6.45) is 1.54. The SMILES string of the molecule is CNC(=O)C1CCCN(C(=O)c2ccc(NS(=O)(=O)c3ccc(C(C)(C)C)cc3)cc2)C1. The Morgan fingerprint density at radius 3 is 2.19 bits per heavy atom. The van der Waals surface area contributed by atoms with E-state index in [0.717, 1.165) is 18.4 Å². The summed E-state index contributed by atoms with van der Waals surface area (Å²) >= 11 is 0. The Morgan fingerprint density at radius 1 is 1.00 bits per heavy atom. The quantitative estimate of drug-likeness (QED) is 0.719. The molecule has 1 aliphatic heterocycles. The predicted molar refractivity (Wildman–Crippen MR) is 125 cm³/mol. The van der Waals surface area contributed by atoms with Crippen LogP contribution in [0.2, 0.25) is 0 Å². The van der Waals surface area contributed by atoms with Gasteiger partial charge in [0.2, 0.25) is 5.91 Å². The van der Waals surface area contributed by atoms with Crippen molar-refractivity contribution in [1.29, 1.82) is 0 Å². The first-order chi connectivity index (χ1) is 15.0. The first-order valence-corrected chi connectivity index (χ1v) is 12.2. The largest absolute Gasteiger partial charge is 0.359 e. The van der Waals surface area contributed by atoms with Crippen LogP contribution in [-0.2, 0) is 20.2 Å². The second-order valence-electron chi connectivity index (χ2n) is 9.16. The summed E-state index contributed by atoms with van der Waals surface area (Å²) in [5.74, 6) is -0.415. The molecule has 0 bridgehead atoms. The van der Waals surface area contributed by atoms with Crippen LogP contribution in [0, 0.1) is 5.92 Å².